The number of amides is 1. The van der Waals surface area contributed by atoms with Crippen LogP contribution in [0.2, 0.25) is 0 Å². The molecular weight excluding hydrogens is 316 g/mol. The molecule has 3 aromatic rings. The molecule has 6 heteroatoms. The smallest absolute Gasteiger partial charge is 0.257 e. The minimum atomic E-state index is -0.257. The fourth-order valence-electron chi connectivity index (χ4n) is 2.63. The summed E-state index contributed by atoms with van der Waals surface area (Å²) in [4.78, 5) is 16.5. The van der Waals surface area contributed by atoms with Gasteiger partial charge in [0.05, 0.1) is 12.1 Å². The van der Waals surface area contributed by atoms with E-state index in [1.807, 2.05) is 60.7 Å². The molecule has 0 saturated heterocycles. The fraction of sp³-hybridized carbons (Fsp3) is 0.105. The van der Waals surface area contributed by atoms with Crippen LogP contribution in [0.5, 0.6) is 5.75 Å². The molecule has 0 aliphatic carbocycles. The highest BCUT2D eigenvalue weighted by Crippen LogP contribution is 2.25. The van der Waals surface area contributed by atoms with E-state index in [2.05, 4.69) is 15.4 Å². The molecule has 124 valence electrons. The minimum absolute atomic E-state index is 0.230. The lowest BCUT2D eigenvalue weighted by Gasteiger charge is -2.16. The zero-order valence-electron chi connectivity index (χ0n) is 13.4. The molecule has 2 aromatic carbocycles. The Bertz CT molecular complexity index is 931. The Morgan fingerprint density at radius 3 is 2.80 bits per heavy atom. The standard InChI is InChI=1S/C19H16N4O2/c24-18(16-10-15-8-4-5-9-17(15)25-12-16)21-19-20-13-23(22-19)11-14-6-2-1-3-7-14/h1-10,13H,11-12H2,(H,21,22,24). The van der Waals surface area contributed by atoms with E-state index in [9.17, 15) is 4.79 Å². The second-order valence-electron chi connectivity index (χ2n) is 5.70. The number of anilines is 1. The Labute approximate surface area is 144 Å². The molecule has 0 fully saturated rings. The van der Waals surface area contributed by atoms with Crippen molar-refractivity contribution in [1.82, 2.24) is 14.8 Å². The summed E-state index contributed by atoms with van der Waals surface area (Å²) in [5.41, 5.74) is 2.55. The zero-order valence-corrected chi connectivity index (χ0v) is 13.4. The first kappa shape index (κ1) is 15.1. The Balaban J connectivity index is 1.44. The van der Waals surface area contributed by atoms with Gasteiger partial charge in [-0.1, -0.05) is 48.5 Å². The van der Waals surface area contributed by atoms with Crippen LogP contribution in [0.15, 0.2) is 66.5 Å². The highest BCUT2D eigenvalue weighted by atomic mass is 16.5. The van der Waals surface area contributed by atoms with Gasteiger partial charge in [-0.3, -0.25) is 10.1 Å². The number of carbonyl (C=O) groups is 1. The van der Waals surface area contributed by atoms with Crippen molar-refractivity contribution in [2.75, 3.05) is 11.9 Å². The number of benzene rings is 2. The average Bonchev–Trinajstić information content (AvgIpc) is 3.09. The van der Waals surface area contributed by atoms with E-state index in [4.69, 9.17) is 4.74 Å². The number of hydrogen-bond acceptors (Lipinski definition) is 4. The van der Waals surface area contributed by atoms with Crippen LogP contribution in [0.25, 0.3) is 6.08 Å². The van der Waals surface area contributed by atoms with Crippen LogP contribution < -0.4 is 10.1 Å². The van der Waals surface area contributed by atoms with Crippen molar-refractivity contribution in [1.29, 1.82) is 0 Å². The van der Waals surface area contributed by atoms with E-state index in [0.717, 1.165) is 16.9 Å². The first-order valence-corrected chi connectivity index (χ1v) is 7.95. The SMILES string of the molecule is O=C(Nc1ncn(Cc2ccccc2)n1)C1=Cc2ccccc2OC1. The first-order valence-electron chi connectivity index (χ1n) is 7.95. The maximum atomic E-state index is 12.4. The quantitative estimate of drug-likeness (QED) is 0.797. The summed E-state index contributed by atoms with van der Waals surface area (Å²) >= 11 is 0. The van der Waals surface area contributed by atoms with Crippen molar-refractivity contribution in [3.63, 3.8) is 0 Å². The van der Waals surface area contributed by atoms with Gasteiger partial charge in [-0.25, -0.2) is 9.67 Å². The van der Waals surface area contributed by atoms with E-state index >= 15 is 0 Å². The maximum absolute atomic E-state index is 12.4. The maximum Gasteiger partial charge on any atom is 0.257 e. The third-order valence-corrected chi connectivity index (χ3v) is 3.87. The molecule has 1 N–H and O–H groups in total. The van der Waals surface area contributed by atoms with Crippen LogP contribution >= 0.6 is 0 Å². The van der Waals surface area contributed by atoms with Crippen molar-refractivity contribution >= 4 is 17.9 Å². The number of hydrogen-bond donors (Lipinski definition) is 1. The molecule has 0 radical (unpaired) electrons. The number of rotatable bonds is 4. The lowest BCUT2D eigenvalue weighted by atomic mass is 10.1. The number of fused-ring (bicyclic) bond motifs is 1. The molecule has 1 aliphatic rings. The summed E-state index contributed by atoms with van der Waals surface area (Å²) in [7, 11) is 0. The van der Waals surface area contributed by atoms with Gasteiger partial charge in [-0.2, -0.15) is 0 Å². The Hall–Kier alpha value is -3.41. The number of para-hydroxylation sites is 1. The van der Waals surface area contributed by atoms with Crippen molar-refractivity contribution in [3.8, 4) is 5.75 Å². The van der Waals surface area contributed by atoms with Crippen LogP contribution in [-0.4, -0.2) is 27.3 Å². The van der Waals surface area contributed by atoms with E-state index in [0.29, 0.717) is 12.1 Å². The summed E-state index contributed by atoms with van der Waals surface area (Å²) in [6.07, 6.45) is 3.43. The summed E-state index contributed by atoms with van der Waals surface area (Å²) in [6, 6.07) is 17.6. The Kier molecular flexibility index (Phi) is 4.00. The number of nitrogens with zero attached hydrogens (tertiary/aromatic N) is 3. The highest BCUT2D eigenvalue weighted by molar-refractivity contribution is 6.06. The molecular formula is C19H16N4O2. The van der Waals surface area contributed by atoms with Crippen molar-refractivity contribution in [2.24, 2.45) is 0 Å². The van der Waals surface area contributed by atoms with Crippen molar-refractivity contribution in [2.45, 2.75) is 6.54 Å². The number of ether oxygens (including phenoxy) is 1. The van der Waals surface area contributed by atoms with E-state index in [-0.39, 0.29) is 18.5 Å². The first-order chi connectivity index (χ1) is 12.3. The molecule has 4 rings (SSSR count). The topological polar surface area (TPSA) is 69.0 Å². The van der Waals surface area contributed by atoms with Crippen LogP contribution in [0, 0.1) is 0 Å². The van der Waals surface area contributed by atoms with Crippen LogP contribution in [0.1, 0.15) is 11.1 Å². The molecule has 0 spiro atoms. The van der Waals surface area contributed by atoms with Gasteiger partial charge >= 0.3 is 0 Å². The van der Waals surface area contributed by atoms with E-state index in [1.165, 1.54) is 0 Å². The third-order valence-electron chi connectivity index (χ3n) is 3.87. The molecule has 0 saturated carbocycles. The van der Waals surface area contributed by atoms with Crippen LogP contribution in [0.4, 0.5) is 5.95 Å². The largest absolute Gasteiger partial charge is 0.488 e. The van der Waals surface area contributed by atoms with Gasteiger partial charge in [0, 0.05) is 5.56 Å². The van der Waals surface area contributed by atoms with Gasteiger partial charge in [0.2, 0.25) is 5.95 Å². The fourth-order valence-corrected chi connectivity index (χ4v) is 2.63. The molecule has 1 amide bonds. The second-order valence-corrected chi connectivity index (χ2v) is 5.70. The minimum Gasteiger partial charge on any atom is -0.488 e. The Morgan fingerprint density at radius 2 is 1.92 bits per heavy atom. The van der Waals surface area contributed by atoms with E-state index in [1.54, 1.807) is 11.0 Å². The molecule has 0 atom stereocenters. The van der Waals surface area contributed by atoms with Crippen molar-refractivity contribution < 1.29 is 9.53 Å². The summed E-state index contributed by atoms with van der Waals surface area (Å²) in [5, 5.41) is 7.01. The lowest BCUT2D eigenvalue weighted by Crippen LogP contribution is -2.22. The molecule has 0 unspecified atom stereocenters. The second kappa shape index (κ2) is 6.60. The van der Waals surface area contributed by atoms with Crippen LogP contribution in [-0.2, 0) is 11.3 Å². The lowest BCUT2D eigenvalue weighted by molar-refractivity contribution is -0.113. The summed E-state index contributed by atoms with van der Waals surface area (Å²) in [6.45, 7) is 0.830. The molecule has 25 heavy (non-hydrogen) atoms. The van der Waals surface area contributed by atoms with Gasteiger partial charge in [0.15, 0.2) is 0 Å². The monoisotopic (exact) mass is 332 g/mol. The molecule has 2 heterocycles. The van der Waals surface area contributed by atoms with Crippen LogP contribution in [0.3, 0.4) is 0 Å². The van der Waals surface area contributed by atoms with E-state index < -0.39 is 0 Å². The Morgan fingerprint density at radius 1 is 1.12 bits per heavy atom. The van der Waals surface area contributed by atoms with Gasteiger partial charge in [-0.15, -0.1) is 5.10 Å². The number of carbonyl (C=O) groups excluding carboxylic acids is 1. The van der Waals surface area contributed by atoms with Gasteiger partial charge < -0.3 is 4.74 Å². The average molecular weight is 332 g/mol. The number of nitrogens with one attached hydrogen (secondary N) is 1. The molecule has 1 aromatic heterocycles. The zero-order chi connectivity index (χ0) is 17.1. The number of aromatic nitrogens is 3. The summed E-state index contributed by atoms with van der Waals surface area (Å²) < 4.78 is 7.29. The van der Waals surface area contributed by atoms with Gasteiger partial charge in [-0.05, 0) is 17.7 Å². The molecule has 0 bridgehead atoms. The summed E-state index contributed by atoms with van der Waals surface area (Å²) in [5.74, 6) is 0.803. The van der Waals surface area contributed by atoms with Gasteiger partial charge in [0.1, 0.15) is 18.7 Å². The van der Waals surface area contributed by atoms with Gasteiger partial charge in [0.25, 0.3) is 5.91 Å². The molecule has 6 nitrogen and oxygen atoms in total. The third kappa shape index (κ3) is 3.42. The van der Waals surface area contributed by atoms with Crippen molar-refractivity contribution in [3.05, 3.63) is 77.6 Å². The predicted molar refractivity (Wildman–Crippen MR) is 94.1 cm³/mol. The highest BCUT2D eigenvalue weighted by Gasteiger charge is 2.18. The predicted octanol–water partition coefficient (Wildman–Crippen LogP) is 2.74. The normalized spacial score (nSPS) is 12.7. The molecule has 1 aliphatic heterocycles.